The van der Waals surface area contributed by atoms with E-state index >= 15 is 0 Å². The van der Waals surface area contributed by atoms with E-state index in [9.17, 15) is 15.0 Å². The summed E-state index contributed by atoms with van der Waals surface area (Å²) in [5, 5.41) is 23.1. The number of rotatable bonds is 49. The van der Waals surface area contributed by atoms with Crippen molar-refractivity contribution in [2.24, 2.45) is 0 Å². The van der Waals surface area contributed by atoms with Crippen LogP contribution in [0.2, 0.25) is 0 Å². The first kappa shape index (κ1) is 60.6. The minimum absolute atomic E-state index is 0.0324. The summed E-state index contributed by atoms with van der Waals surface area (Å²) in [5.74, 6) is -0.0324. The molecule has 0 aliphatic heterocycles. The Morgan fingerprint density at radius 3 is 1.05 bits per heavy atom. The average molecular weight is 876 g/mol. The molecule has 364 valence electrons. The van der Waals surface area contributed by atoms with Crippen LogP contribution >= 0.6 is 0 Å². The molecule has 63 heavy (non-hydrogen) atoms. The fourth-order valence-corrected chi connectivity index (χ4v) is 8.05. The van der Waals surface area contributed by atoms with Gasteiger partial charge in [-0.2, -0.15) is 0 Å². The summed E-state index contributed by atoms with van der Waals surface area (Å²) in [6.07, 6.45) is 78.6. The standard InChI is InChI=1S/C59H105NO3/c1-3-5-7-9-11-13-15-16-17-18-19-20-21-22-23-24-25-26-27-28-29-30-31-32-33-34-35-36-37-38-39-40-41-42-43-44-45-47-49-51-53-55-59(63)60-57(56-61)58(62)54-52-50-48-46-14-12-10-8-6-4-2/h5,7,11,13,16-17,19-20,22-23,25-26,28-29,57-58,61-62H,3-4,6,8-10,12,14-15,18,21,24,27,30-56H2,1-2H3,(H,60,63)/b7-5-,13-11-,17-16-,20-19-,23-22-,26-25-,29-28-. The normalized spacial score (nSPS) is 13.5. The number of unbranched alkanes of at least 4 members (excludes halogenated alkanes) is 28. The van der Waals surface area contributed by atoms with E-state index < -0.39 is 12.1 Å². The number of aliphatic hydroxyl groups is 2. The fourth-order valence-electron chi connectivity index (χ4n) is 8.05. The molecule has 2 atom stereocenters. The highest BCUT2D eigenvalue weighted by Gasteiger charge is 2.20. The summed E-state index contributed by atoms with van der Waals surface area (Å²) >= 11 is 0. The van der Waals surface area contributed by atoms with Gasteiger partial charge in [-0.1, -0.05) is 272 Å². The van der Waals surface area contributed by atoms with Crippen molar-refractivity contribution in [3.05, 3.63) is 85.1 Å². The second-order valence-corrected chi connectivity index (χ2v) is 18.3. The predicted molar refractivity (Wildman–Crippen MR) is 280 cm³/mol. The van der Waals surface area contributed by atoms with Gasteiger partial charge in [-0.15, -0.1) is 0 Å². The lowest BCUT2D eigenvalue weighted by atomic mass is 10.0. The second kappa shape index (κ2) is 53.9. The van der Waals surface area contributed by atoms with Crippen molar-refractivity contribution in [2.75, 3.05) is 6.61 Å². The van der Waals surface area contributed by atoms with Gasteiger partial charge in [0.05, 0.1) is 18.8 Å². The van der Waals surface area contributed by atoms with Crippen LogP contribution in [0.3, 0.4) is 0 Å². The first-order valence-electron chi connectivity index (χ1n) is 27.3. The molecule has 0 heterocycles. The van der Waals surface area contributed by atoms with E-state index in [4.69, 9.17) is 0 Å². The van der Waals surface area contributed by atoms with Crippen molar-refractivity contribution in [3.63, 3.8) is 0 Å². The second-order valence-electron chi connectivity index (χ2n) is 18.3. The molecule has 0 aromatic rings. The Labute approximate surface area is 392 Å². The van der Waals surface area contributed by atoms with Gasteiger partial charge in [0.2, 0.25) is 5.91 Å². The third-order valence-electron chi connectivity index (χ3n) is 12.2. The summed E-state index contributed by atoms with van der Waals surface area (Å²) in [4.78, 5) is 12.4. The Morgan fingerprint density at radius 2 is 0.698 bits per heavy atom. The van der Waals surface area contributed by atoms with Crippen LogP contribution in [0.4, 0.5) is 0 Å². The molecule has 3 N–H and O–H groups in total. The SMILES string of the molecule is CC/C=C\C/C=C\C/C=C\C/C=C\C/C=C\C/C=C\C/C=C\CCCCCCCCCCCCCCCCCCCCCC(=O)NC(CO)C(O)CCCCCCCCCCCC. The summed E-state index contributed by atoms with van der Waals surface area (Å²) in [5.41, 5.74) is 0. The molecule has 0 spiro atoms. The van der Waals surface area contributed by atoms with Crippen LogP contribution in [0.15, 0.2) is 85.1 Å². The third-order valence-corrected chi connectivity index (χ3v) is 12.2. The van der Waals surface area contributed by atoms with E-state index in [1.807, 2.05) is 0 Å². The molecule has 0 saturated carbocycles. The molecule has 4 nitrogen and oxygen atoms in total. The molecule has 0 rings (SSSR count). The van der Waals surface area contributed by atoms with Gasteiger partial charge in [-0.3, -0.25) is 4.79 Å². The summed E-state index contributed by atoms with van der Waals surface area (Å²) < 4.78 is 0. The molecule has 0 aromatic carbocycles. The molecular weight excluding hydrogens is 771 g/mol. The van der Waals surface area contributed by atoms with E-state index in [-0.39, 0.29) is 12.5 Å². The minimum atomic E-state index is -0.658. The number of amides is 1. The maximum atomic E-state index is 12.4. The Bertz CT molecular complexity index is 1130. The molecule has 0 saturated heterocycles. The van der Waals surface area contributed by atoms with Crippen LogP contribution in [0, 0.1) is 0 Å². The zero-order valence-electron chi connectivity index (χ0n) is 41.8. The molecule has 0 bridgehead atoms. The molecule has 4 heteroatoms. The highest BCUT2D eigenvalue weighted by Crippen LogP contribution is 2.16. The van der Waals surface area contributed by atoms with Gasteiger partial charge in [-0.25, -0.2) is 0 Å². The minimum Gasteiger partial charge on any atom is -0.394 e. The Morgan fingerprint density at radius 1 is 0.397 bits per heavy atom. The number of carbonyl (C=O) groups excluding carboxylic acids is 1. The van der Waals surface area contributed by atoms with Gasteiger partial charge in [-0.05, 0) is 70.6 Å². The first-order chi connectivity index (χ1) is 31.2. The Balaban J connectivity index is 3.44. The maximum Gasteiger partial charge on any atom is 0.220 e. The number of allylic oxidation sites excluding steroid dienone is 14. The highest BCUT2D eigenvalue weighted by atomic mass is 16.3. The van der Waals surface area contributed by atoms with Crippen molar-refractivity contribution in [1.82, 2.24) is 5.32 Å². The molecule has 0 fully saturated rings. The van der Waals surface area contributed by atoms with Gasteiger partial charge in [0.1, 0.15) is 0 Å². The number of nitrogens with one attached hydrogen (secondary N) is 1. The lowest BCUT2D eigenvalue weighted by molar-refractivity contribution is -0.123. The van der Waals surface area contributed by atoms with E-state index in [0.717, 1.165) is 70.6 Å². The van der Waals surface area contributed by atoms with Crippen LogP contribution in [0.1, 0.15) is 264 Å². The van der Waals surface area contributed by atoms with Gasteiger partial charge >= 0.3 is 0 Å². The van der Waals surface area contributed by atoms with E-state index in [1.165, 1.54) is 167 Å². The van der Waals surface area contributed by atoms with Crippen molar-refractivity contribution in [2.45, 2.75) is 276 Å². The average Bonchev–Trinajstić information content (AvgIpc) is 3.29. The zero-order chi connectivity index (χ0) is 45.6. The molecule has 2 unspecified atom stereocenters. The smallest absolute Gasteiger partial charge is 0.220 e. The van der Waals surface area contributed by atoms with Crippen molar-refractivity contribution in [1.29, 1.82) is 0 Å². The first-order valence-corrected chi connectivity index (χ1v) is 27.3. The van der Waals surface area contributed by atoms with Gasteiger partial charge in [0, 0.05) is 6.42 Å². The number of aliphatic hydroxyl groups excluding tert-OH is 2. The fraction of sp³-hybridized carbons (Fsp3) is 0.746. The van der Waals surface area contributed by atoms with E-state index in [2.05, 4.69) is 104 Å². The monoisotopic (exact) mass is 876 g/mol. The molecule has 0 aromatic heterocycles. The summed E-state index contributed by atoms with van der Waals surface area (Å²) in [7, 11) is 0. The van der Waals surface area contributed by atoms with Gasteiger partial charge in [0.25, 0.3) is 0 Å². The molecular formula is C59H105NO3. The van der Waals surface area contributed by atoms with Crippen molar-refractivity contribution < 1.29 is 15.0 Å². The van der Waals surface area contributed by atoms with Crippen LogP contribution in [0.5, 0.6) is 0 Å². The van der Waals surface area contributed by atoms with E-state index in [1.54, 1.807) is 0 Å². The number of hydrogen-bond donors (Lipinski definition) is 3. The topological polar surface area (TPSA) is 69.6 Å². The predicted octanol–water partition coefficient (Wildman–Crippen LogP) is 18.0. The summed E-state index contributed by atoms with van der Waals surface area (Å²) in [6.45, 7) is 4.23. The maximum absolute atomic E-state index is 12.4. The third kappa shape index (κ3) is 50.4. The van der Waals surface area contributed by atoms with Crippen LogP contribution < -0.4 is 5.32 Å². The van der Waals surface area contributed by atoms with Crippen molar-refractivity contribution >= 4 is 5.91 Å². The van der Waals surface area contributed by atoms with Gasteiger partial charge in [0.15, 0.2) is 0 Å². The lowest BCUT2D eigenvalue weighted by Gasteiger charge is -2.22. The molecule has 1 amide bonds. The van der Waals surface area contributed by atoms with Gasteiger partial charge < -0.3 is 15.5 Å². The highest BCUT2D eigenvalue weighted by molar-refractivity contribution is 5.76. The van der Waals surface area contributed by atoms with Crippen LogP contribution in [-0.4, -0.2) is 34.9 Å². The quantitative estimate of drug-likeness (QED) is 0.0421. The zero-order valence-corrected chi connectivity index (χ0v) is 41.8. The molecule has 0 aliphatic rings. The molecule has 0 aliphatic carbocycles. The largest absolute Gasteiger partial charge is 0.394 e. The van der Waals surface area contributed by atoms with Crippen molar-refractivity contribution in [3.8, 4) is 0 Å². The Kier molecular flexibility index (Phi) is 51.8. The van der Waals surface area contributed by atoms with E-state index in [0.29, 0.717) is 12.8 Å². The lowest BCUT2D eigenvalue weighted by Crippen LogP contribution is -2.45. The summed E-state index contributed by atoms with van der Waals surface area (Å²) in [6, 6.07) is -0.536. The number of hydrogen-bond acceptors (Lipinski definition) is 3. The number of carbonyl (C=O) groups is 1. The van der Waals surface area contributed by atoms with Crippen LogP contribution in [-0.2, 0) is 4.79 Å². The Hall–Kier alpha value is -2.43. The van der Waals surface area contributed by atoms with Crippen LogP contribution in [0.25, 0.3) is 0 Å². The molecule has 0 radical (unpaired) electrons.